The molecule has 6 heteroatoms. The van der Waals surface area contributed by atoms with Gasteiger partial charge in [-0.3, -0.25) is 9.59 Å². The van der Waals surface area contributed by atoms with Crippen LogP contribution in [0.2, 0.25) is 5.02 Å². The highest BCUT2D eigenvalue weighted by molar-refractivity contribution is 6.30. The van der Waals surface area contributed by atoms with Crippen molar-refractivity contribution in [1.82, 2.24) is 10.2 Å². The van der Waals surface area contributed by atoms with Crippen LogP contribution >= 0.6 is 11.6 Å². The van der Waals surface area contributed by atoms with Crippen LogP contribution in [0.3, 0.4) is 0 Å². The van der Waals surface area contributed by atoms with Gasteiger partial charge in [0.2, 0.25) is 11.8 Å². The van der Waals surface area contributed by atoms with Crippen LogP contribution in [-0.2, 0) is 29.0 Å². The number of hydrogen-bond acceptors (Lipinski definition) is 3. The quantitative estimate of drug-likeness (QED) is 0.296. The van der Waals surface area contributed by atoms with Gasteiger partial charge in [-0.1, -0.05) is 86.0 Å². The maximum absolute atomic E-state index is 13.7. The van der Waals surface area contributed by atoms with Crippen molar-refractivity contribution >= 4 is 23.4 Å². The van der Waals surface area contributed by atoms with Crippen molar-refractivity contribution in [3.63, 3.8) is 0 Å². The SMILES string of the molecule is CCCCCNC(=O)[C@@H](Cc1ccccc1)N(Cc1ccc(OC)cc1)C(=O)Cc1ccc(Cl)cc1. The van der Waals surface area contributed by atoms with Crippen LogP contribution in [-0.4, -0.2) is 36.4 Å². The number of unbranched alkanes of at least 4 members (excludes halogenated alkanes) is 2. The van der Waals surface area contributed by atoms with E-state index in [1.54, 1.807) is 24.1 Å². The van der Waals surface area contributed by atoms with Crippen LogP contribution < -0.4 is 10.1 Å². The molecule has 0 saturated carbocycles. The summed E-state index contributed by atoms with van der Waals surface area (Å²) in [5, 5.41) is 3.70. The third-order valence-corrected chi connectivity index (χ3v) is 6.38. The zero-order valence-corrected chi connectivity index (χ0v) is 21.8. The molecule has 0 unspecified atom stereocenters. The third-order valence-electron chi connectivity index (χ3n) is 6.13. The fourth-order valence-corrected chi connectivity index (χ4v) is 4.19. The van der Waals surface area contributed by atoms with Crippen molar-refractivity contribution in [3.8, 4) is 5.75 Å². The highest BCUT2D eigenvalue weighted by Gasteiger charge is 2.30. The third kappa shape index (κ3) is 8.42. The van der Waals surface area contributed by atoms with E-state index in [0.29, 0.717) is 24.5 Å². The average molecular weight is 507 g/mol. The molecule has 0 heterocycles. The Morgan fingerprint density at radius 1 is 0.889 bits per heavy atom. The van der Waals surface area contributed by atoms with Gasteiger partial charge in [0.15, 0.2) is 0 Å². The number of amides is 2. The molecule has 0 aliphatic heterocycles. The van der Waals surface area contributed by atoms with Gasteiger partial charge in [-0.05, 0) is 47.4 Å². The molecule has 2 amide bonds. The van der Waals surface area contributed by atoms with Gasteiger partial charge in [-0.15, -0.1) is 0 Å². The number of nitrogens with one attached hydrogen (secondary N) is 1. The molecular weight excluding hydrogens is 472 g/mol. The first-order valence-corrected chi connectivity index (χ1v) is 12.9. The molecule has 0 saturated heterocycles. The van der Waals surface area contributed by atoms with Crippen LogP contribution in [0, 0.1) is 0 Å². The Morgan fingerprint density at radius 2 is 1.56 bits per heavy atom. The number of carbonyl (C=O) groups is 2. The minimum atomic E-state index is -0.643. The van der Waals surface area contributed by atoms with Gasteiger partial charge in [0, 0.05) is 24.5 Å². The van der Waals surface area contributed by atoms with E-state index in [2.05, 4.69) is 12.2 Å². The molecular formula is C30H35ClN2O3. The molecule has 0 bridgehead atoms. The number of ether oxygens (including phenoxy) is 1. The molecule has 5 nitrogen and oxygen atoms in total. The van der Waals surface area contributed by atoms with Gasteiger partial charge in [-0.25, -0.2) is 0 Å². The summed E-state index contributed by atoms with van der Waals surface area (Å²) in [6.07, 6.45) is 3.66. The number of benzene rings is 3. The molecule has 3 aromatic carbocycles. The first kappa shape index (κ1) is 27.3. The number of carbonyl (C=O) groups excluding carboxylic acids is 2. The lowest BCUT2D eigenvalue weighted by atomic mass is 10.0. The molecule has 0 fully saturated rings. The minimum Gasteiger partial charge on any atom is -0.497 e. The Labute approximate surface area is 219 Å². The molecule has 0 spiro atoms. The van der Waals surface area contributed by atoms with Crippen LogP contribution in [0.15, 0.2) is 78.9 Å². The topological polar surface area (TPSA) is 58.6 Å². The predicted molar refractivity (Wildman–Crippen MR) is 145 cm³/mol. The largest absolute Gasteiger partial charge is 0.497 e. The van der Waals surface area contributed by atoms with Gasteiger partial charge in [0.25, 0.3) is 0 Å². The van der Waals surface area contributed by atoms with E-state index >= 15 is 0 Å². The summed E-state index contributed by atoms with van der Waals surface area (Å²) in [7, 11) is 1.62. The second kappa shape index (κ2) is 14.3. The second-order valence-electron chi connectivity index (χ2n) is 8.88. The Hall–Kier alpha value is -3.31. The standard InChI is InChI=1S/C30H35ClN2O3/c1-3-4-8-19-32-30(35)28(20-23-9-6-5-7-10-23)33(22-25-13-17-27(36-2)18-14-25)29(34)21-24-11-15-26(31)16-12-24/h5-7,9-18,28H,3-4,8,19-22H2,1-2H3,(H,32,35)/t28-/m1/s1. The smallest absolute Gasteiger partial charge is 0.243 e. The highest BCUT2D eigenvalue weighted by atomic mass is 35.5. The molecule has 1 atom stereocenters. The van der Waals surface area contributed by atoms with Gasteiger partial charge >= 0.3 is 0 Å². The zero-order valence-electron chi connectivity index (χ0n) is 21.1. The fourth-order valence-electron chi connectivity index (χ4n) is 4.06. The summed E-state index contributed by atoms with van der Waals surface area (Å²) in [4.78, 5) is 28.9. The normalized spacial score (nSPS) is 11.5. The van der Waals surface area contributed by atoms with Crippen molar-refractivity contribution < 1.29 is 14.3 Å². The lowest BCUT2D eigenvalue weighted by Gasteiger charge is -2.32. The molecule has 0 aromatic heterocycles. The highest BCUT2D eigenvalue weighted by Crippen LogP contribution is 2.19. The van der Waals surface area contributed by atoms with E-state index in [-0.39, 0.29) is 18.2 Å². The lowest BCUT2D eigenvalue weighted by Crippen LogP contribution is -2.51. The zero-order chi connectivity index (χ0) is 25.8. The molecule has 36 heavy (non-hydrogen) atoms. The van der Waals surface area contributed by atoms with Crippen LogP contribution in [0.1, 0.15) is 42.9 Å². The molecule has 3 aromatic rings. The van der Waals surface area contributed by atoms with Gasteiger partial charge in [0.05, 0.1) is 13.5 Å². The maximum atomic E-state index is 13.7. The molecule has 3 rings (SSSR count). The van der Waals surface area contributed by atoms with Crippen molar-refractivity contribution in [2.75, 3.05) is 13.7 Å². The van der Waals surface area contributed by atoms with E-state index < -0.39 is 6.04 Å². The number of rotatable bonds is 13. The van der Waals surface area contributed by atoms with Crippen molar-refractivity contribution in [3.05, 3.63) is 101 Å². The van der Waals surface area contributed by atoms with Crippen LogP contribution in [0.25, 0.3) is 0 Å². The minimum absolute atomic E-state index is 0.113. The van der Waals surface area contributed by atoms with E-state index in [1.165, 1.54) is 0 Å². The lowest BCUT2D eigenvalue weighted by molar-refractivity contribution is -0.140. The van der Waals surface area contributed by atoms with E-state index in [0.717, 1.165) is 41.7 Å². The van der Waals surface area contributed by atoms with E-state index in [9.17, 15) is 9.59 Å². The monoisotopic (exact) mass is 506 g/mol. The second-order valence-corrected chi connectivity index (χ2v) is 9.31. The Balaban J connectivity index is 1.90. The molecule has 0 radical (unpaired) electrons. The number of nitrogens with zero attached hydrogens (tertiary/aromatic N) is 1. The van der Waals surface area contributed by atoms with Gasteiger partial charge in [-0.2, -0.15) is 0 Å². The van der Waals surface area contributed by atoms with Crippen molar-refractivity contribution in [1.29, 1.82) is 0 Å². The van der Waals surface area contributed by atoms with Crippen molar-refractivity contribution in [2.45, 2.75) is 51.6 Å². The first-order chi connectivity index (χ1) is 17.5. The Kier molecular flexibility index (Phi) is 10.8. The molecule has 0 aliphatic rings. The van der Waals surface area contributed by atoms with E-state index in [4.69, 9.17) is 16.3 Å². The summed E-state index contributed by atoms with van der Waals surface area (Å²) in [6.45, 7) is 3.04. The van der Waals surface area contributed by atoms with Gasteiger partial charge in [0.1, 0.15) is 11.8 Å². The fraction of sp³-hybridized carbons (Fsp3) is 0.333. The summed E-state index contributed by atoms with van der Waals surface area (Å²) >= 11 is 6.04. The Bertz CT molecular complexity index is 1090. The van der Waals surface area contributed by atoms with Crippen molar-refractivity contribution in [2.24, 2.45) is 0 Å². The average Bonchev–Trinajstić information content (AvgIpc) is 2.90. The van der Waals surface area contributed by atoms with Gasteiger partial charge < -0.3 is 15.0 Å². The molecule has 190 valence electrons. The summed E-state index contributed by atoms with van der Waals surface area (Å²) in [5.41, 5.74) is 2.79. The number of hydrogen-bond donors (Lipinski definition) is 1. The van der Waals surface area contributed by atoms with E-state index in [1.807, 2.05) is 66.7 Å². The first-order valence-electron chi connectivity index (χ1n) is 12.5. The number of methoxy groups -OCH3 is 1. The molecule has 0 aliphatic carbocycles. The Morgan fingerprint density at radius 3 is 2.19 bits per heavy atom. The van der Waals surface area contributed by atoms with Crippen LogP contribution in [0.5, 0.6) is 5.75 Å². The maximum Gasteiger partial charge on any atom is 0.243 e. The predicted octanol–water partition coefficient (Wildman–Crippen LogP) is 5.84. The summed E-state index contributed by atoms with van der Waals surface area (Å²) in [6, 6.07) is 24.1. The summed E-state index contributed by atoms with van der Waals surface area (Å²) < 4.78 is 5.28. The number of halogens is 1. The van der Waals surface area contributed by atoms with Crippen LogP contribution in [0.4, 0.5) is 0 Å². The summed E-state index contributed by atoms with van der Waals surface area (Å²) in [5.74, 6) is 0.498. The molecule has 1 N–H and O–H groups in total.